The number of aromatic nitrogens is 1. The van der Waals surface area contributed by atoms with Gasteiger partial charge in [-0.2, -0.15) is 9.37 Å². The molecule has 3 N–H and O–H groups in total. The highest BCUT2D eigenvalue weighted by molar-refractivity contribution is 5.41. The Kier molecular flexibility index (Phi) is 2.07. The van der Waals surface area contributed by atoms with Gasteiger partial charge >= 0.3 is 0 Å². The van der Waals surface area contributed by atoms with Gasteiger partial charge in [0.15, 0.2) is 5.75 Å². The molecule has 0 fully saturated rings. The predicted octanol–water partition coefficient (Wildman–Crippen LogP) is 1.45. The Morgan fingerprint density at radius 3 is 2.58 bits per heavy atom. The molecular formula is C6H5F3N2O. The molecule has 3 nitrogen and oxygen atoms in total. The van der Waals surface area contributed by atoms with Crippen molar-refractivity contribution in [3.63, 3.8) is 0 Å². The molecule has 6 heteroatoms. The third-order valence-electron chi connectivity index (χ3n) is 1.23. The van der Waals surface area contributed by atoms with Crippen molar-refractivity contribution >= 4 is 5.82 Å². The van der Waals surface area contributed by atoms with E-state index in [0.29, 0.717) is 0 Å². The van der Waals surface area contributed by atoms with Gasteiger partial charge < -0.3 is 10.8 Å². The molecule has 0 spiro atoms. The van der Waals surface area contributed by atoms with Crippen LogP contribution in [0.2, 0.25) is 0 Å². The Morgan fingerprint density at radius 1 is 1.50 bits per heavy atom. The number of rotatable bonds is 1. The molecule has 0 saturated carbocycles. The second-order valence-electron chi connectivity index (χ2n) is 2.08. The zero-order valence-electron chi connectivity index (χ0n) is 5.76. The second-order valence-corrected chi connectivity index (χ2v) is 2.08. The quantitative estimate of drug-likeness (QED) is 0.639. The highest BCUT2D eigenvalue weighted by Crippen LogP contribution is 2.30. The fourth-order valence-electron chi connectivity index (χ4n) is 0.712. The van der Waals surface area contributed by atoms with E-state index < -0.39 is 23.7 Å². The van der Waals surface area contributed by atoms with Crippen molar-refractivity contribution in [2.45, 2.75) is 6.43 Å². The number of pyridine rings is 1. The molecule has 1 aromatic heterocycles. The number of aromatic hydroxyl groups is 1. The second kappa shape index (κ2) is 2.88. The summed E-state index contributed by atoms with van der Waals surface area (Å²) >= 11 is 0. The Bertz CT molecular complexity index is 303. The fraction of sp³-hybridized carbons (Fsp3) is 0.167. The lowest BCUT2D eigenvalue weighted by atomic mass is 10.2. The average Bonchev–Trinajstić information content (AvgIpc) is 1.96. The minimum atomic E-state index is -2.97. The number of nitrogens with two attached hydrogens (primary N) is 1. The largest absolute Gasteiger partial charge is 0.503 e. The molecule has 0 bridgehead atoms. The first-order valence-corrected chi connectivity index (χ1v) is 2.95. The van der Waals surface area contributed by atoms with Crippen molar-refractivity contribution in [2.24, 2.45) is 0 Å². The van der Waals surface area contributed by atoms with E-state index >= 15 is 0 Å². The standard InChI is InChI=1S/C6H5F3N2O/c7-5(8)2-1-3(10)11-6(9)4(2)12/h1,5,12H,(H2,10,11). The summed E-state index contributed by atoms with van der Waals surface area (Å²) in [6.45, 7) is 0. The highest BCUT2D eigenvalue weighted by Gasteiger charge is 2.17. The topological polar surface area (TPSA) is 59.1 Å². The predicted molar refractivity (Wildman–Crippen MR) is 35.2 cm³/mol. The molecule has 1 heterocycles. The first kappa shape index (κ1) is 8.63. The molecule has 0 radical (unpaired) electrons. The molecule has 0 aliphatic carbocycles. The van der Waals surface area contributed by atoms with Crippen molar-refractivity contribution in [3.8, 4) is 5.75 Å². The fourth-order valence-corrected chi connectivity index (χ4v) is 0.712. The maximum atomic E-state index is 12.4. The number of nitrogen functional groups attached to an aromatic ring is 1. The van der Waals surface area contributed by atoms with Gasteiger partial charge in [0.25, 0.3) is 12.4 Å². The number of nitrogens with zero attached hydrogens (tertiary/aromatic N) is 1. The SMILES string of the molecule is Nc1cc(C(F)F)c(O)c(F)n1. The summed E-state index contributed by atoms with van der Waals surface area (Å²) in [5, 5.41) is 8.72. The number of hydrogen-bond donors (Lipinski definition) is 2. The summed E-state index contributed by atoms with van der Waals surface area (Å²) in [7, 11) is 0. The van der Waals surface area contributed by atoms with Crippen LogP contribution in [0.4, 0.5) is 19.0 Å². The molecule has 66 valence electrons. The van der Waals surface area contributed by atoms with Crippen LogP contribution in [0.3, 0.4) is 0 Å². The van der Waals surface area contributed by atoms with E-state index in [9.17, 15) is 13.2 Å². The summed E-state index contributed by atoms with van der Waals surface area (Å²) in [6, 6.07) is 0.725. The van der Waals surface area contributed by atoms with Crippen LogP contribution in [0.5, 0.6) is 5.75 Å². The molecule has 0 amide bonds. The lowest BCUT2D eigenvalue weighted by Gasteiger charge is -2.03. The maximum absolute atomic E-state index is 12.4. The molecular weight excluding hydrogens is 173 g/mol. The molecule has 0 saturated heterocycles. The molecule has 0 unspecified atom stereocenters. The summed E-state index contributed by atoms with van der Waals surface area (Å²) < 4.78 is 36.4. The smallest absolute Gasteiger partial charge is 0.267 e. The van der Waals surface area contributed by atoms with Crippen LogP contribution in [0, 0.1) is 5.95 Å². The molecule has 0 atom stereocenters. The summed E-state index contributed by atoms with van der Waals surface area (Å²) in [6.07, 6.45) is -2.97. The van der Waals surface area contributed by atoms with Gasteiger partial charge in [-0.3, -0.25) is 0 Å². The molecule has 0 aromatic carbocycles. The van der Waals surface area contributed by atoms with E-state index in [-0.39, 0.29) is 5.82 Å². The van der Waals surface area contributed by atoms with Crippen LogP contribution in [-0.4, -0.2) is 10.1 Å². The number of alkyl halides is 2. The van der Waals surface area contributed by atoms with Crippen LogP contribution >= 0.6 is 0 Å². The third kappa shape index (κ3) is 1.41. The number of halogens is 3. The van der Waals surface area contributed by atoms with Crippen molar-refractivity contribution in [2.75, 3.05) is 5.73 Å². The van der Waals surface area contributed by atoms with Crippen LogP contribution < -0.4 is 5.73 Å². The molecule has 1 rings (SSSR count). The van der Waals surface area contributed by atoms with E-state index in [0.717, 1.165) is 6.07 Å². The zero-order valence-corrected chi connectivity index (χ0v) is 5.76. The molecule has 0 aliphatic rings. The minimum Gasteiger partial charge on any atom is -0.503 e. The Morgan fingerprint density at radius 2 is 2.08 bits per heavy atom. The van der Waals surface area contributed by atoms with Gasteiger partial charge in [-0.15, -0.1) is 0 Å². The van der Waals surface area contributed by atoms with Crippen molar-refractivity contribution in [1.29, 1.82) is 0 Å². The minimum absolute atomic E-state index is 0.388. The van der Waals surface area contributed by atoms with Crippen molar-refractivity contribution in [1.82, 2.24) is 4.98 Å². The van der Waals surface area contributed by atoms with E-state index in [1.54, 1.807) is 0 Å². The highest BCUT2D eigenvalue weighted by atomic mass is 19.3. The van der Waals surface area contributed by atoms with E-state index in [4.69, 9.17) is 10.8 Å². The van der Waals surface area contributed by atoms with Crippen LogP contribution in [0.15, 0.2) is 6.07 Å². The summed E-state index contributed by atoms with van der Waals surface area (Å²) in [5.74, 6) is -2.93. The van der Waals surface area contributed by atoms with Gasteiger partial charge in [0.2, 0.25) is 0 Å². The van der Waals surface area contributed by atoms with Crippen LogP contribution in [0.1, 0.15) is 12.0 Å². The molecule has 1 aromatic rings. The molecule has 0 aliphatic heterocycles. The summed E-state index contributed by atoms with van der Waals surface area (Å²) in [4.78, 5) is 2.94. The van der Waals surface area contributed by atoms with Gasteiger partial charge in [0, 0.05) is 0 Å². The van der Waals surface area contributed by atoms with Gasteiger partial charge in [-0.25, -0.2) is 8.78 Å². The summed E-state index contributed by atoms with van der Waals surface area (Å²) in [5.41, 5.74) is 4.12. The third-order valence-corrected chi connectivity index (χ3v) is 1.23. The molecule has 12 heavy (non-hydrogen) atoms. The van der Waals surface area contributed by atoms with E-state index in [2.05, 4.69) is 4.98 Å². The zero-order chi connectivity index (χ0) is 9.30. The van der Waals surface area contributed by atoms with Crippen molar-refractivity contribution < 1.29 is 18.3 Å². The lowest BCUT2D eigenvalue weighted by Crippen LogP contribution is -1.97. The lowest BCUT2D eigenvalue weighted by molar-refractivity contribution is 0.146. The monoisotopic (exact) mass is 178 g/mol. The normalized spacial score (nSPS) is 10.7. The number of anilines is 1. The first-order valence-electron chi connectivity index (χ1n) is 2.95. The Hall–Kier alpha value is -1.46. The maximum Gasteiger partial charge on any atom is 0.267 e. The average molecular weight is 178 g/mol. The van der Waals surface area contributed by atoms with E-state index in [1.807, 2.05) is 0 Å². The van der Waals surface area contributed by atoms with Gasteiger partial charge in [-0.05, 0) is 6.07 Å². The van der Waals surface area contributed by atoms with Gasteiger partial charge in [0.05, 0.1) is 5.56 Å². The first-order chi connectivity index (χ1) is 5.52. The Labute approximate surface area is 65.6 Å². The van der Waals surface area contributed by atoms with E-state index in [1.165, 1.54) is 0 Å². The van der Waals surface area contributed by atoms with Gasteiger partial charge in [-0.1, -0.05) is 0 Å². The van der Waals surface area contributed by atoms with Crippen LogP contribution in [-0.2, 0) is 0 Å². The Balaban J connectivity index is 3.28. The van der Waals surface area contributed by atoms with Gasteiger partial charge in [0.1, 0.15) is 5.82 Å². The number of hydrogen-bond acceptors (Lipinski definition) is 3. The van der Waals surface area contributed by atoms with Crippen LogP contribution in [0.25, 0.3) is 0 Å². The van der Waals surface area contributed by atoms with Crippen molar-refractivity contribution in [3.05, 3.63) is 17.6 Å².